The van der Waals surface area contributed by atoms with E-state index in [0.717, 1.165) is 26.1 Å². The largest absolute Gasteiger partial charge is 0.469 e. The topological polar surface area (TPSA) is 32.8 Å². The minimum Gasteiger partial charge on any atom is -0.469 e. The number of carbonyl (C=O) groups is 1. The molecule has 17 heavy (non-hydrogen) atoms. The van der Waals surface area contributed by atoms with Crippen molar-refractivity contribution in [3.05, 3.63) is 0 Å². The zero-order chi connectivity index (χ0) is 12.5. The van der Waals surface area contributed by atoms with E-state index in [2.05, 4.69) is 21.6 Å². The van der Waals surface area contributed by atoms with Gasteiger partial charge in [0.15, 0.2) is 0 Å². The van der Waals surface area contributed by atoms with E-state index in [1.807, 2.05) is 0 Å². The van der Waals surface area contributed by atoms with Gasteiger partial charge in [-0.3, -0.25) is 4.79 Å². The fourth-order valence-electron chi connectivity index (χ4n) is 2.20. The van der Waals surface area contributed by atoms with E-state index >= 15 is 0 Å². The van der Waals surface area contributed by atoms with E-state index < -0.39 is 0 Å². The van der Waals surface area contributed by atoms with Gasteiger partial charge < -0.3 is 14.5 Å². The van der Waals surface area contributed by atoms with Gasteiger partial charge in [0.25, 0.3) is 0 Å². The molecule has 0 aliphatic carbocycles. The number of methoxy groups -OCH3 is 1. The molecular formula is C13H26N2O2. The lowest BCUT2D eigenvalue weighted by molar-refractivity contribution is -0.140. The smallest absolute Gasteiger partial charge is 0.305 e. The van der Waals surface area contributed by atoms with Gasteiger partial charge in [-0.25, -0.2) is 0 Å². The molecule has 0 N–H and O–H groups in total. The van der Waals surface area contributed by atoms with Crippen molar-refractivity contribution in [1.82, 2.24) is 9.80 Å². The number of hydrogen-bond donors (Lipinski definition) is 0. The zero-order valence-electron chi connectivity index (χ0n) is 11.3. The summed E-state index contributed by atoms with van der Waals surface area (Å²) >= 11 is 0. The van der Waals surface area contributed by atoms with Crippen LogP contribution in [0.1, 0.15) is 32.1 Å². The number of hydrogen-bond acceptors (Lipinski definition) is 4. The van der Waals surface area contributed by atoms with E-state index in [0.29, 0.717) is 6.42 Å². The highest BCUT2D eigenvalue weighted by molar-refractivity contribution is 5.69. The van der Waals surface area contributed by atoms with Crippen LogP contribution in [0.4, 0.5) is 0 Å². The molecule has 4 nitrogen and oxygen atoms in total. The maximum absolute atomic E-state index is 10.9. The molecule has 1 aliphatic heterocycles. The Hall–Kier alpha value is -0.610. The van der Waals surface area contributed by atoms with Gasteiger partial charge in [0.05, 0.1) is 7.11 Å². The van der Waals surface area contributed by atoms with Crippen molar-refractivity contribution >= 4 is 5.97 Å². The lowest BCUT2D eigenvalue weighted by atomic mass is 10.1. The Bertz CT molecular complexity index is 215. The molecule has 0 bridgehead atoms. The van der Waals surface area contributed by atoms with Crippen LogP contribution >= 0.6 is 0 Å². The molecular weight excluding hydrogens is 216 g/mol. The van der Waals surface area contributed by atoms with Crippen LogP contribution in [0.5, 0.6) is 0 Å². The summed E-state index contributed by atoms with van der Waals surface area (Å²) in [5.74, 6) is -0.102. The predicted octanol–water partition coefficient (Wildman–Crippen LogP) is 1.36. The monoisotopic (exact) mass is 242 g/mol. The van der Waals surface area contributed by atoms with Crippen molar-refractivity contribution in [2.45, 2.75) is 32.1 Å². The lowest BCUT2D eigenvalue weighted by Crippen LogP contribution is -2.36. The van der Waals surface area contributed by atoms with Gasteiger partial charge in [-0.15, -0.1) is 0 Å². The molecule has 0 radical (unpaired) electrons. The standard InChI is InChI=1S/C13H26N2O2/c1-14(8-6-7-13(16)17-2)11-12-15-9-4-3-5-10-15/h3-12H2,1-2H3. The van der Waals surface area contributed by atoms with Crippen LogP contribution in [-0.4, -0.2) is 62.7 Å². The average molecular weight is 242 g/mol. The van der Waals surface area contributed by atoms with Gasteiger partial charge in [-0.2, -0.15) is 0 Å². The number of carbonyl (C=O) groups excluding carboxylic acids is 1. The van der Waals surface area contributed by atoms with Crippen LogP contribution in [0.3, 0.4) is 0 Å². The summed E-state index contributed by atoms with van der Waals surface area (Å²) < 4.78 is 4.62. The number of ether oxygens (including phenoxy) is 1. The van der Waals surface area contributed by atoms with Gasteiger partial charge in [0.1, 0.15) is 0 Å². The Balaban J connectivity index is 2.00. The van der Waals surface area contributed by atoms with E-state index in [1.54, 1.807) is 0 Å². The summed E-state index contributed by atoms with van der Waals surface area (Å²) in [6.07, 6.45) is 5.53. The maximum Gasteiger partial charge on any atom is 0.305 e. The molecule has 1 heterocycles. The van der Waals surface area contributed by atoms with Crippen LogP contribution in [0.25, 0.3) is 0 Å². The molecule has 1 fully saturated rings. The van der Waals surface area contributed by atoms with E-state index in [1.165, 1.54) is 39.5 Å². The van der Waals surface area contributed by atoms with Crippen molar-refractivity contribution in [2.75, 3.05) is 46.9 Å². The predicted molar refractivity (Wildman–Crippen MR) is 69.0 cm³/mol. The first kappa shape index (κ1) is 14.5. The molecule has 0 unspecified atom stereocenters. The number of piperidine rings is 1. The summed E-state index contributed by atoms with van der Waals surface area (Å²) in [6.45, 7) is 5.75. The molecule has 1 rings (SSSR count). The van der Waals surface area contributed by atoms with Crippen molar-refractivity contribution in [3.8, 4) is 0 Å². The van der Waals surface area contributed by atoms with Crippen LogP contribution in [0.15, 0.2) is 0 Å². The molecule has 1 saturated heterocycles. The van der Waals surface area contributed by atoms with Gasteiger partial charge >= 0.3 is 5.97 Å². The number of likely N-dealkylation sites (tertiary alicyclic amines) is 1. The lowest BCUT2D eigenvalue weighted by Gasteiger charge is -2.28. The van der Waals surface area contributed by atoms with Crippen molar-refractivity contribution in [3.63, 3.8) is 0 Å². The molecule has 0 aromatic rings. The van der Waals surface area contributed by atoms with E-state index in [9.17, 15) is 4.79 Å². The number of esters is 1. The third kappa shape index (κ3) is 6.64. The third-order valence-corrected chi connectivity index (χ3v) is 3.40. The number of likely N-dealkylation sites (N-methyl/N-ethyl adjacent to an activating group) is 1. The zero-order valence-corrected chi connectivity index (χ0v) is 11.3. The highest BCUT2D eigenvalue weighted by Gasteiger charge is 2.10. The van der Waals surface area contributed by atoms with Gasteiger partial charge in [-0.05, 0) is 45.9 Å². The number of nitrogens with zero attached hydrogens (tertiary/aromatic N) is 2. The van der Waals surface area contributed by atoms with Crippen LogP contribution in [0, 0.1) is 0 Å². The summed E-state index contributed by atoms with van der Waals surface area (Å²) in [4.78, 5) is 15.8. The Labute approximate surface area is 105 Å². The second-order valence-electron chi connectivity index (χ2n) is 4.89. The second-order valence-corrected chi connectivity index (χ2v) is 4.89. The second kappa shape index (κ2) is 8.48. The van der Waals surface area contributed by atoms with E-state index in [-0.39, 0.29) is 5.97 Å². The van der Waals surface area contributed by atoms with Crippen molar-refractivity contribution in [1.29, 1.82) is 0 Å². The number of rotatable bonds is 7. The summed E-state index contributed by atoms with van der Waals surface area (Å²) in [6, 6.07) is 0. The maximum atomic E-state index is 10.9. The van der Waals surface area contributed by atoms with Crippen LogP contribution in [0.2, 0.25) is 0 Å². The molecule has 4 heteroatoms. The normalized spacial score (nSPS) is 17.4. The van der Waals surface area contributed by atoms with Crippen LogP contribution < -0.4 is 0 Å². The van der Waals surface area contributed by atoms with Crippen LogP contribution in [-0.2, 0) is 9.53 Å². The SMILES string of the molecule is COC(=O)CCCN(C)CCN1CCCCC1. The summed E-state index contributed by atoms with van der Waals surface area (Å²) in [5, 5.41) is 0. The highest BCUT2D eigenvalue weighted by atomic mass is 16.5. The first-order valence-corrected chi connectivity index (χ1v) is 6.70. The van der Waals surface area contributed by atoms with Crippen molar-refractivity contribution in [2.24, 2.45) is 0 Å². The quantitative estimate of drug-likeness (QED) is 0.631. The molecule has 0 aromatic heterocycles. The first-order valence-electron chi connectivity index (χ1n) is 6.70. The molecule has 0 atom stereocenters. The molecule has 0 aromatic carbocycles. The summed E-state index contributed by atoms with van der Waals surface area (Å²) in [5.41, 5.74) is 0. The summed E-state index contributed by atoms with van der Waals surface area (Å²) in [7, 11) is 3.57. The van der Waals surface area contributed by atoms with E-state index in [4.69, 9.17) is 0 Å². The average Bonchev–Trinajstić information content (AvgIpc) is 2.37. The Kier molecular flexibility index (Phi) is 7.21. The Morgan fingerprint density at radius 1 is 1.24 bits per heavy atom. The molecule has 0 saturated carbocycles. The Morgan fingerprint density at radius 2 is 1.94 bits per heavy atom. The fraction of sp³-hybridized carbons (Fsp3) is 0.923. The minimum atomic E-state index is -0.102. The van der Waals surface area contributed by atoms with Gasteiger partial charge in [-0.1, -0.05) is 6.42 Å². The Morgan fingerprint density at radius 3 is 2.59 bits per heavy atom. The fourth-order valence-corrected chi connectivity index (χ4v) is 2.20. The minimum absolute atomic E-state index is 0.102. The third-order valence-electron chi connectivity index (χ3n) is 3.40. The van der Waals surface area contributed by atoms with Gasteiger partial charge in [0.2, 0.25) is 0 Å². The molecule has 0 spiro atoms. The first-order chi connectivity index (χ1) is 8.22. The highest BCUT2D eigenvalue weighted by Crippen LogP contribution is 2.08. The van der Waals surface area contributed by atoms with Gasteiger partial charge in [0, 0.05) is 19.5 Å². The molecule has 0 amide bonds. The van der Waals surface area contributed by atoms with Crippen molar-refractivity contribution < 1.29 is 9.53 Å². The molecule has 100 valence electrons. The molecule has 1 aliphatic rings.